The molecule has 1 heterocycles. The quantitative estimate of drug-likeness (QED) is 0.735. The van der Waals surface area contributed by atoms with Crippen molar-refractivity contribution in [2.75, 3.05) is 32.9 Å². The number of rotatable bonds is 7. The van der Waals surface area contributed by atoms with Gasteiger partial charge in [-0.25, -0.2) is 4.98 Å². The largest absolute Gasteiger partial charge is 0.313 e. The van der Waals surface area contributed by atoms with Crippen LogP contribution in [0.5, 0.6) is 0 Å². The number of nitrogens with zero attached hydrogens (tertiary/aromatic N) is 2. The maximum atomic E-state index is 4.43. The zero-order valence-corrected chi connectivity index (χ0v) is 11.2. The summed E-state index contributed by atoms with van der Waals surface area (Å²) in [4.78, 5) is 6.62. The van der Waals surface area contributed by atoms with Crippen LogP contribution in [0.3, 0.4) is 0 Å². The molecule has 1 rings (SSSR count). The van der Waals surface area contributed by atoms with Gasteiger partial charge in [0.25, 0.3) is 0 Å². The van der Waals surface area contributed by atoms with E-state index in [2.05, 4.69) is 48.4 Å². The third-order valence-corrected chi connectivity index (χ3v) is 3.09. The zero-order chi connectivity index (χ0) is 11.8. The Kier molecular flexibility index (Phi) is 6.45. The van der Waals surface area contributed by atoms with Crippen LogP contribution in [0.4, 0.5) is 0 Å². The second kappa shape index (κ2) is 7.65. The highest BCUT2D eigenvalue weighted by Crippen LogP contribution is 2.14. The second-order valence-electron chi connectivity index (χ2n) is 3.94. The fraction of sp³-hybridized carbons (Fsp3) is 0.583. The van der Waals surface area contributed by atoms with Crippen LogP contribution in [0.1, 0.15) is 12.5 Å². The Bertz CT molecular complexity index is 285. The van der Waals surface area contributed by atoms with Gasteiger partial charge in [-0.1, -0.05) is 13.0 Å². The van der Waals surface area contributed by atoms with Crippen LogP contribution in [-0.2, 0) is 6.54 Å². The van der Waals surface area contributed by atoms with Crippen molar-refractivity contribution in [2.45, 2.75) is 18.5 Å². The topological polar surface area (TPSA) is 28.2 Å². The summed E-state index contributed by atoms with van der Waals surface area (Å²) in [7, 11) is 4.18. The molecule has 0 aromatic carbocycles. The lowest BCUT2D eigenvalue weighted by Crippen LogP contribution is -2.14. The molecular weight excluding hydrogens is 218 g/mol. The highest BCUT2D eigenvalue weighted by molar-refractivity contribution is 7.99. The van der Waals surface area contributed by atoms with Crippen molar-refractivity contribution < 1.29 is 0 Å². The van der Waals surface area contributed by atoms with Crippen molar-refractivity contribution in [3.8, 4) is 0 Å². The minimum Gasteiger partial charge on any atom is -0.313 e. The SMILES string of the molecule is CCNCc1ccc(SCCN(C)C)nc1. The Morgan fingerprint density at radius 3 is 2.75 bits per heavy atom. The zero-order valence-electron chi connectivity index (χ0n) is 10.4. The summed E-state index contributed by atoms with van der Waals surface area (Å²) in [5.41, 5.74) is 1.25. The molecule has 0 aliphatic heterocycles. The lowest BCUT2D eigenvalue weighted by Gasteiger charge is -2.08. The molecule has 90 valence electrons. The van der Waals surface area contributed by atoms with Gasteiger partial charge in [0.05, 0.1) is 5.03 Å². The summed E-state index contributed by atoms with van der Waals surface area (Å²) in [5, 5.41) is 4.40. The van der Waals surface area contributed by atoms with Crippen molar-refractivity contribution >= 4 is 11.8 Å². The molecule has 16 heavy (non-hydrogen) atoms. The summed E-state index contributed by atoms with van der Waals surface area (Å²) in [6.45, 7) is 5.11. The number of thioether (sulfide) groups is 1. The Morgan fingerprint density at radius 2 is 2.19 bits per heavy atom. The first kappa shape index (κ1) is 13.5. The van der Waals surface area contributed by atoms with Gasteiger partial charge in [-0.2, -0.15) is 0 Å². The van der Waals surface area contributed by atoms with Gasteiger partial charge in [-0.05, 0) is 32.3 Å². The molecule has 0 radical (unpaired) electrons. The molecule has 1 aromatic heterocycles. The lowest BCUT2D eigenvalue weighted by molar-refractivity contribution is 0.437. The van der Waals surface area contributed by atoms with Gasteiger partial charge in [-0.3, -0.25) is 0 Å². The van der Waals surface area contributed by atoms with E-state index in [-0.39, 0.29) is 0 Å². The smallest absolute Gasteiger partial charge is 0.0960 e. The fourth-order valence-corrected chi connectivity index (χ4v) is 2.16. The van der Waals surface area contributed by atoms with Crippen molar-refractivity contribution in [1.29, 1.82) is 0 Å². The molecule has 1 N–H and O–H groups in total. The Hall–Kier alpha value is -0.580. The van der Waals surface area contributed by atoms with E-state index in [0.29, 0.717) is 0 Å². The van der Waals surface area contributed by atoms with Crippen LogP contribution < -0.4 is 5.32 Å². The van der Waals surface area contributed by atoms with E-state index >= 15 is 0 Å². The van der Waals surface area contributed by atoms with Crippen molar-refractivity contribution in [1.82, 2.24) is 15.2 Å². The van der Waals surface area contributed by atoms with Gasteiger partial charge in [0.15, 0.2) is 0 Å². The molecule has 0 spiro atoms. The van der Waals surface area contributed by atoms with Crippen LogP contribution in [0, 0.1) is 0 Å². The molecule has 0 saturated heterocycles. The molecule has 0 amide bonds. The predicted molar refractivity (Wildman–Crippen MR) is 70.9 cm³/mol. The number of hydrogen-bond donors (Lipinski definition) is 1. The number of hydrogen-bond acceptors (Lipinski definition) is 4. The highest BCUT2D eigenvalue weighted by Gasteiger charge is 1.97. The Morgan fingerprint density at radius 1 is 1.38 bits per heavy atom. The van der Waals surface area contributed by atoms with Crippen LogP contribution in [0.15, 0.2) is 23.4 Å². The standard InChI is InChI=1S/C12H21N3S/c1-4-13-9-11-5-6-12(14-10-11)16-8-7-15(2)3/h5-6,10,13H,4,7-9H2,1-3H3. The molecular formula is C12H21N3S. The molecule has 1 aromatic rings. The van der Waals surface area contributed by atoms with Crippen molar-refractivity contribution in [3.05, 3.63) is 23.9 Å². The molecule has 0 aliphatic carbocycles. The number of pyridine rings is 1. The lowest BCUT2D eigenvalue weighted by atomic mass is 10.3. The fourth-order valence-electron chi connectivity index (χ4n) is 1.20. The van der Waals surface area contributed by atoms with Crippen LogP contribution in [-0.4, -0.2) is 42.8 Å². The second-order valence-corrected chi connectivity index (χ2v) is 5.05. The minimum absolute atomic E-state index is 0.909. The van der Waals surface area contributed by atoms with E-state index in [1.807, 2.05) is 18.0 Å². The molecule has 0 saturated carbocycles. The summed E-state index contributed by atoms with van der Waals surface area (Å²) < 4.78 is 0. The van der Waals surface area contributed by atoms with Crippen molar-refractivity contribution in [3.63, 3.8) is 0 Å². The maximum absolute atomic E-state index is 4.43. The first-order chi connectivity index (χ1) is 7.72. The number of aromatic nitrogens is 1. The van der Waals surface area contributed by atoms with E-state index in [4.69, 9.17) is 0 Å². The third-order valence-electron chi connectivity index (χ3n) is 2.17. The molecule has 3 nitrogen and oxygen atoms in total. The average Bonchev–Trinajstić information content (AvgIpc) is 2.27. The molecule has 0 aliphatic rings. The Balaban J connectivity index is 2.33. The van der Waals surface area contributed by atoms with Crippen LogP contribution in [0.2, 0.25) is 0 Å². The van der Waals surface area contributed by atoms with E-state index in [1.54, 1.807) is 0 Å². The van der Waals surface area contributed by atoms with E-state index < -0.39 is 0 Å². The van der Waals surface area contributed by atoms with Gasteiger partial charge in [0.2, 0.25) is 0 Å². The Labute approximate surface area is 103 Å². The molecule has 0 atom stereocenters. The van der Waals surface area contributed by atoms with Crippen molar-refractivity contribution in [2.24, 2.45) is 0 Å². The van der Waals surface area contributed by atoms with Crippen LogP contribution in [0.25, 0.3) is 0 Å². The van der Waals surface area contributed by atoms with Crippen LogP contribution >= 0.6 is 11.8 Å². The van der Waals surface area contributed by atoms with Gasteiger partial charge >= 0.3 is 0 Å². The van der Waals surface area contributed by atoms with Gasteiger partial charge < -0.3 is 10.2 Å². The predicted octanol–water partition coefficient (Wildman–Crippen LogP) is 1.84. The van der Waals surface area contributed by atoms with E-state index in [0.717, 1.165) is 30.4 Å². The molecule has 0 fully saturated rings. The summed E-state index contributed by atoms with van der Waals surface area (Å²) in [6.07, 6.45) is 1.96. The average molecular weight is 239 g/mol. The summed E-state index contributed by atoms with van der Waals surface area (Å²) in [6, 6.07) is 4.25. The molecule has 0 unspecified atom stereocenters. The number of nitrogens with one attached hydrogen (secondary N) is 1. The third kappa shape index (κ3) is 5.49. The molecule has 0 bridgehead atoms. The first-order valence-corrected chi connectivity index (χ1v) is 6.64. The minimum atomic E-state index is 0.909. The summed E-state index contributed by atoms with van der Waals surface area (Å²) in [5.74, 6) is 1.09. The van der Waals surface area contributed by atoms with Gasteiger partial charge in [-0.15, -0.1) is 11.8 Å². The monoisotopic (exact) mass is 239 g/mol. The van der Waals surface area contributed by atoms with Gasteiger partial charge in [0.1, 0.15) is 0 Å². The van der Waals surface area contributed by atoms with E-state index in [1.165, 1.54) is 5.56 Å². The molecule has 4 heteroatoms. The van der Waals surface area contributed by atoms with E-state index in [9.17, 15) is 0 Å². The van der Waals surface area contributed by atoms with Gasteiger partial charge in [0, 0.05) is 25.0 Å². The summed E-state index contributed by atoms with van der Waals surface area (Å²) >= 11 is 1.81. The first-order valence-electron chi connectivity index (χ1n) is 5.65. The highest BCUT2D eigenvalue weighted by atomic mass is 32.2. The normalized spacial score (nSPS) is 11.0. The maximum Gasteiger partial charge on any atom is 0.0960 e.